The highest BCUT2D eigenvalue weighted by molar-refractivity contribution is 6.19. The lowest BCUT2D eigenvalue weighted by molar-refractivity contribution is 0.0912. The van der Waals surface area contributed by atoms with Crippen molar-refractivity contribution in [1.29, 1.82) is 0 Å². The Morgan fingerprint density at radius 3 is 2.48 bits per heavy atom. The maximum absolute atomic E-state index is 12.5. The molecule has 110 valence electrons. The minimum absolute atomic E-state index is 0.146. The Kier molecular flexibility index (Phi) is 4.53. The van der Waals surface area contributed by atoms with Gasteiger partial charge in [0.25, 0.3) is 5.91 Å². The molecule has 21 heavy (non-hydrogen) atoms. The molecular weight excluding hydrogens is 286 g/mol. The minimum Gasteiger partial charge on any atom is -0.508 e. The number of carbonyl (C=O) groups is 1. The van der Waals surface area contributed by atoms with Crippen molar-refractivity contribution in [2.45, 2.75) is 19.4 Å². The van der Waals surface area contributed by atoms with E-state index in [-0.39, 0.29) is 17.5 Å². The maximum Gasteiger partial charge on any atom is 0.252 e. The third kappa shape index (κ3) is 3.37. The monoisotopic (exact) mass is 303 g/mol. The summed E-state index contributed by atoms with van der Waals surface area (Å²) in [6.07, 6.45) is 0. The molecule has 0 fully saturated rings. The van der Waals surface area contributed by atoms with Crippen LogP contribution in [0.5, 0.6) is 5.75 Å². The lowest BCUT2D eigenvalue weighted by atomic mass is 9.93. The van der Waals surface area contributed by atoms with Gasteiger partial charge >= 0.3 is 0 Å². The summed E-state index contributed by atoms with van der Waals surface area (Å²) in [6.45, 7) is 3.68. The second-order valence-corrected chi connectivity index (χ2v) is 5.55. The molecule has 0 spiro atoms. The zero-order valence-corrected chi connectivity index (χ0v) is 12.8. The number of hydrogen-bond acceptors (Lipinski definition) is 2. The second kappa shape index (κ2) is 6.19. The van der Waals surface area contributed by atoms with Gasteiger partial charge in [-0.1, -0.05) is 30.3 Å². The fourth-order valence-electron chi connectivity index (χ4n) is 2.21. The predicted octanol–water partition coefficient (Wildman–Crippen LogP) is 3.58. The van der Waals surface area contributed by atoms with Crippen LogP contribution in [0.3, 0.4) is 0 Å². The Balaban J connectivity index is 2.28. The van der Waals surface area contributed by atoms with E-state index in [1.165, 1.54) is 6.07 Å². The van der Waals surface area contributed by atoms with E-state index >= 15 is 0 Å². The van der Waals surface area contributed by atoms with Crippen molar-refractivity contribution in [3.8, 4) is 5.75 Å². The van der Waals surface area contributed by atoms with Crippen molar-refractivity contribution < 1.29 is 9.90 Å². The Morgan fingerprint density at radius 2 is 1.90 bits per heavy atom. The molecule has 2 aromatic carbocycles. The summed E-state index contributed by atoms with van der Waals surface area (Å²) < 4.78 is 0. The van der Waals surface area contributed by atoms with Crippen molar-refractivity contribution >= 4 is 17.5 Å². The number of aromatic hydroxyl groups is 1. The predicted molar refractivity (Wildman–Crippen MR) is 84.8 cm³/mol. The first kappa shape index (κ1) is 15.4. The molecule has 2 rings (SSSR count). The molecule has 1 unspecified atom stereocenters. The topological polar surface area (TPSA) is 49.3 Å². The van der Waals surface area contributed by atoms with Crippen molar-refractivity contribution in [1.82, 2.24) is 5.32 Å². The van der Waals surface area contributed by atoms with Crippen LogP contribution in [0.15, 0.2) is 48.5 Å². The highest BCUT2D eigenvalue weighted by atomic mass is 35.5. The van der Waals surface area contributed by atoms with E-state index in [9.17, 15) is 9.90 Å². The number of phenols is 1. The smallest absolute Gasteiger partial charge is 0.252 e. The fourth-order valence-corrected chi connectivity index (χ4v) is 2.43. The number of carbonyl (C=O) groups excluding carboxylic acids is 1. The van der Waals surface area contributed by atoms with E-state index in [0.717, 1.165) is 11.1 Å². The number of amides is 1. The molecule has 4 heteroatoms. The summed E-state index contributed by atoms with van der Waals surface area (Å²) in [7, 11) is 0. The molecule has 1 atom stereocenters. The molecule has 0 saturated carbocycles. The zero-order chi connectivity index (χ0) is 15.5. The van der Waals surface area contributed by atoms with Crippen molar-refractivity contribution in [3.05, 3.63) is 65.2 Å². The Bertz CT molecular complexity index is 642. The SMILES string of the molecule is Cc1cc(O)ccc1C(=O)NC(C)(CCl)c1ccccc1. The minimum atomic E-state index is -0.649. The lowest BCUT2D eigenvalue weighted by Crippen LogP contribution is -2.45. The number of alkyl halides is 1. The quantitative estimate of drug-likeness (QED) is 0.848. The van der Waals surface area contributed by atoms with Crippen molar-refractivity contribution in [2.75, 3.05) is 5.88 Å². The molecule has 0 aliphatic carbocycles. The van der Waals surface area contributed by atoms with Crippen LogP contribution in [-0.4, -0.2) is 16.9 Å². The van der Waals surface area contributed by atoms with Crippen LogP contribution in [0.4, 0.5) is 0 Å². The number of aryl methyl sites for hydroxylation is 1. The van der Waals surface area contributed by atoms with Crippen molar-refractivity contribution in [3.63, 3.8) is 0 Å². The molecule has 0 aliphatic heterocycles. The number of hydrogen-bond donors (Lipinski definition) is 2. The molecule has 2 aromatic rings. The van der Waals surface area contributed by atoms with E-state index < -0.39 is 5.54 Å². The van der Waals surface area contributed by atoms with Gasteiger partial charge in [-0.3, -0.25) is 4.79 Å². The fraction of sp³-hybridized carbons (Fsp3) is 0.235. The standard InChI is InChI=1S/C17H18ClNO2/c1-12-10-14(20)8-9-15(12)16(21)19-17(2,11-18)13-6-4-3-5-7-13/h3-10,20H,11H2,1-2H3,(H,19,21). The number of nitrogens with one attached hydrogen (secondary N) is 1. The summed E-state index contributed by atoms with van der Waals surface area (Å²) in [4.78, 5) is 12.5. The van der Waals surface area contributed by atoms with Crippen LogP contribution < -0.4 is 5.32 Å². The van der Waals surface area contributed by atoms with Gasteiger partial charge in [0.1, 0.15) is 5.75 Å². The summed E-state index contributed by atoms with van der Waals surface area (Å²) in [5.41, 5.74) is 1.55. The Morgan fingerprint density at radius 1 is 1.24 bits per heavy atom. The Labute approximate surface area is 129 Å². The summed E-state index contributed by atoms with van der Waals surface area (Å²) in [5, 5.41) is 12.4. The van der Waals surface area contributed by atoms with Gasteiger partial charge in [-0.05, 0) is 43.2 Å². The number of halogens is 1. The van der Waals surface area contributed by atoms with Crippen LogP contribution in [0.25, 0.3) is 0 Å². The molecule has 0 bridgehead atoms. The van der Waals surface area contributed by atoms with E-state index in [0.29, 0.717) is 5.56 Å². The molecule has 3 nitrogen and oxygen atoms in total. The molecule has 0 aliphatic rings. The van der Waals surface area contributed by atoms with Gasteiger partial charge in [-0.25, -0.2) is 0 Å². The van der Waals surface area contributed by atoms with Gasteiger partial charge in [0.15, 0.2) is 0 Å². The third-order valence-corrected chi connectivity index (χ3v) is 4.06. The molecular formula is C17H18ClNO2. The first-order valence-corrected chi connectivity index (χ1v) is 7.23. The first-order valence-electron chi connectivity index (χ1n) is 6.70. The lowest BCUT2D eigenvalue weighted by Gasteiger charge is -2.29. The summed E-state index contributed by atoms with van der Waals surface area (Å²) >= 11 is 6.09. The van der Waals surface area contributed by atoms with Crippen LogP contribution in [0.1, 0.15) is 28.4 Å². The summed E-state index contributed by atoms with van der Waals surface area (Å²) in [5.74, 6) is 0.201. The zero-order valence-electron chi connectivity index (χ0n) is 12.1. The average Bonchev–Trinajstić information content (AvgIpc) is 2.47. The van der Waals surface area contributed by atoms with Gasteiger partial charge in [0.05, 0.1) is 5.54 Å². The van der Waals surface area contributed by atoms with Gasteiger partial charge in [0, 0.05) is 11.4 Å². The normalized spacial score (nSPS) is 13.5. The van der Waals surface area contributed by atoms with Gasteiger partial charge < -0.3 is 10.4 Å². The number of phenolic OH excluding ortho intramolecular Hbond substituents is 1. The van der Waals surface area contributed by atoms with E-state index in [4.69, 9.17) is 11.6 Å². The molecule has 0 heterocycles. The highest BCUT2D eigenvalue weighted by Gasteiger charge is 2.28. The van der Waals surface area contributed by atoms with Crippen LogP contribution >= 0.6 is 11.6 Å². The van der Waals surface area contributed by atoms with E-state index in [1.807, 2.05) is 37.3 Å². The molecule has 0 saturated heterocycles. The highest BCUT2D eigenvalue weighted by Crippen LogP contribution is 2.24. The molecule has 2 N–H and O–H groups in total. The Hall–Kier alpha value is -2.00. The van der Waals surface area contributed by atoms with Crippen LogP contribution in [-0.2, 0) is 5.54 Å². The average molecular weight is 304 g/mol. The maximum atomic E-state index is 12.5. The third-order valence-electron chi connectivity index (χ3n) is 3.52. The molecule has 1 amide bonds. The first-order chi connectivity index (χ1) is 9.96. The van der Waals surface area contributed by atoms with Gasteiger partial charge in [-0.2, -0.15) is 0 Å². The summed E-state index contributed by atoms with van der Waals surface area (Å²) in [6, 6.07) is 14.3. The number of benzene rings is 2. The van der Waals surface area contributed by atoms with Crippen molar-refractivity contribution in [2.24, 2.45) is 0 Å². The van der Waals surface area contributed by atoms with Gasteiger partial charge in [0.2, 0.25) is 0 Å². The van der Waals surface area contributed by atoms with E-state index in [1.54, 1.807) is 19.1 Å². The largest absolute Gasteiger partial charge is 0.508 e. The van der Waals surface area contributed by atoms with E-state index in [2.05, 4.69) is 5.32 Å². The van der Waals surface area contributed by atoms with Crippen LogP contribution in [0.2, 0.25) is 0 Å². The van der Waals surface area contributed by atoms with Crippen LogP contribution in [0, 0.1) is 6.92 Å². The molecule has 0 radical (unpaired) electrons. The van der Waals surface area contributed by atoms with Gasteiger partial charge in [-0.15, -0.1) is 11.6 Å². The molecule has 0 aromatic heterocycles. The second-order valence-electron chi connectivity index (χ2n) is 5.29. The number of rotatable bonds is 4.